The lowest BCUT2D eigenvalue weighted by atomic mass is 10.1. The third-order valence-electron chi connectivity index (χ3n) is 2.08. The highest BCUT2D eigenvalue weighted by Gasteiger charge is 2.30. The fourth-order valence-corrected chi connectivity index (χ4v) is 1.25. The van der Waals surface area contributed by atoms with Crippen molar-refractivity contribution in [1.82, 2.24) is 10.6 Å². The number of hydrogen-bond acceptors (Lipinski definition) is 2. The molecule has 1 heterocycles. The Morgan fingerprint density at radius 1 is 1.00 bits per heavy atom. The molecule has 0 aromatic rings. The van der Waals surface area contributed by atoms with Crippen molar-refractivity contribution < 1.29 is 9.59 Å². The summed E-state index contributed by atoms with van der Waals surface area (Å²) >= 11 is 0. The molecule has 0 aromatic heterocycles. The molecule has 4 nitrogen and oxygen atoms in total. The van der Waals surface area contributed by atoms with Crippen LogP contribution >= 0.6 is 0 Å². The van der Waals surface area contributed by atoms with Crippen LogP contribution in [0.2, 0.25) is 0 Å². The molecule has 2 N–H and O–H groups in total. The SMILES string of the molecule is CC[C@@H]1NC(=O)[C@H](CC)NC1=O. The van der Waals surface area contributed by atoms with Crippen LogP contribution in [-0.4, -0.2) is 23.9 Å². The van der Waals surface area contributed by atoms with Crippen LogP contribution in [0.1, 0.15) is 26.7 Å². The van der Waals surface area contributed by atoms with Gasteiger partial charge in [-0.15, -0.1) is 0 Å². The molecular formula is C8H14N2O2. The lowest BCUT2D eigenvalue weighted by Gasteiger charge is -2.28. The molecule has 1 rings (SSSR count). The van der Waals surface area contributed by atoms with Crippen LogP contribution in [0.25, 0.3) is 0 Å². The van der Waals surface area contributed by atoms with Crippen LogP contribution in [0.15, 0.2) is 0 Å². The van der Waals surface area contributed by atoms with Crippen LogP contribution in [-0.2, 0) is 9.59 Å². The Bertz CT molecular complexity index is 181. The lowest BCUT2D eigenvalue weighted by molar-refractivity contribution is -0.136. The molecule has 1 saturated heterocycles. The van der Waals surface area contributed by atoms with E-state index in [9.17, 15) is 9.59 Å². The predicted octanol–water partition coefficient (Wildman–Crippen LogP) is -0.210. The average molecular weight is 170 g/mol. The fourth-order valence-electron chi connectivity index (χ4n) is 1.25. The molecule has 1 fully saturated rings. The average Bonchev–Trinajstić information content (AvgIpc) is 2.08. The number of carbonyl (C=O) groups is 2. The Hall–Kier alpha value is -1.06. The zero-order valence-electron chi connectivity index (χ0n) is 7.39. The molecule has 12 heavy (non-hydrogen) atoms. The van der Waals surface area contributed by atoms with Crippen molar-refractivity contribution in [2.24, 2.45) is 0 Å². The molecule has 0 unspecified atom stereocenters. The molecule has 1 aliphatic heterocycles. The van der Waals surface area contributed by atoms with E-state index in [1.165, 1.54) is 0 Å². The van der Waals surface area contributed by atoms with Crippen molar-refractivity contribution in [3.05, 3.63) is 0 Å². The molecular weight excluding hydrogens is 156 g/mol. The van der Waals surface area contributed by atoms with Gasteiger partial charge in [-0.25, -0.2) is 0 Å². The first-order chi connectivity index (χ1) is 5.69. The number of rotatable bonds is 2. The van der Waals surface area contributed by atoms with E-state index in [4.69, 9.17) is 0 Å². The maximum Gasteiger partial charge on any atom is 0.243 e. The topological polar surface area (TPSA) is 58.2 Å². The molecule has 68 valence electrons. The summed E-state index contributed by atoms with van der Waals surface area (Å²) < 4.78 is 0. The smallest absolute Gasteiger partial charge is 0.243 e. The van der Waals surface area contributed by atoms with Crippen LogP contribution in [0.3, 0.4) is 0 Å². The van der Waals surface area contributed by atoms with Gasteiger partial charge in [0.1, 0.15) is 12.1 Å². The molecule has 2 atom stereocenters. The number of nitrogens with one attached hydrogen (secondary N) is 2. The van der Waals surface area contributed by atoms with E-state index in [2.05, 4.69) is 10.6 Å². The van der Waals surface area contributed by atoms with Crippen molar-refractivity contribution in [2.75, 3.05) is 0 Å². The van der Waals surface area contributed by atoms with E-state index in [1.807, 2.05) is 13.8 Å². The first kappa shape index (κ1) is 9.03. The first-order valence-electron chi connectivity index (χ1n) is 4.29. The summed E-state index contributed by atoms with van der Waals surface area (Å²) in [7, 11) is 0. The molecule has 0 spiro atoms. The van der Waals surface area contributed by atoms with Crippen molar-refractivity contribution >= 4 is 11.8 Å². The third kappa shape index (κ3) is 1.57. The highest BCUT2D eigenvalue weighted by Crippen LogP contribution is 2.02. The largest absolute Gasteiger partial charge is 0.343 e. The normalized spacial score (nSPS) is 29.5. The van der Waals surface area contributed by atoms with Gasteiger partial charge in [-0.2, -0.15) is 0 Å². The number of piperazine rings is 1. The Morgan fingerprint density at radius 3 is 1.58 bits per heavy atom. The minimum absolute atomic E-state index is 0.0658. The van der Waals surface area contributed by atoms with Gasteiger partial charge >= 0.3 is 0 Å². The second-order valence-corrected chi connectivity index (χ2v) is 2.94. The first-order valence-corrected chi connectivity index (χ1v) is 4.29. The second-order valence-electron chi connectivity index (χ2n) is 2.94. The Balaban J connectivity index is 2.61. The molecule has 4 heteroatoms. The maximum absolute atomic E-state index is 11.2. The van der Waals surface area contributed by atoms with Gasteiger partial charge in [0.05, 0.1) is 0 Å². The predicted molar refractivity (Wildman–Crippen MR) is 44.4 cm³/mol. The number of amides is 2. The summed E-state index contributed by atoms with van der Waals surface area (Å²) in [5.41, 5.74) is 0. The fraction of sp³-hybridized carbons (Fsp3) is 0.750. The zero-order valence-corrected chi connectivity index (χ0v) is 7.39. The Morgan fingerprint density at radius 2 is 1.33 bits per heavy atom. The third-order valence-corrected chi connectivity index (χ3v) is 2.08. The van der Waals surface area contributed by atoms with Gasteiger partial charge in [0.15, 0.2) is 0 Å². The number of carbonyl (C=O) groups excluding carboxylic acids is 2. The summed E-state index contributed by atoms with van der Waals surface area (Å²) in [6, 6.07) is -0.666. The van der Waals surface area contributed by atoms with E-state index in [1.54, 1.807) is 0 Å². The van der Waals surface area contributed by atoms with Crippen molar-refractivity contribution in [2.45, 2.75) is 38.8 Å². The van der Waals surface area contributed by atoms with Gasteiger partial charge < -0.3 is 10.6 Å². The summed E-state index contributed by atoms with van der Waals surface area (Å²) in [5, 5.41) is 5.33. The zero-order chi connectivity index (χ0) is 9.14. The maximum atomic E-state index is 11.2. The van der Waals surface area contributed by atoms with E-state index < -0.39 is 0 Å². The van der Waals surface area contributed by atoms with E-state index >= 15 is 0 Å². The standard InChI is InChI=1S/C8H14N2O2/c1-3-5-7(11)10-6(4-2)8(12)9-5/h5-6H,3-4H2,1-2H3,(H,9,12)(H,10,11)/t5-,6-/m0/s1. The van der Waals surface area contributed by atoms with Gasteiger partial charge in [0, 0.05) is 0 Å². The van der Waals surface area contributed by atoms with Crippen LogP contribution in [0, 0.1) is 0 Å². The van der Waals surface area contributed by atoms with Gasteiger partial charge in [-0.3, -0.25) is 9.59 Å². The van der Waals surface area contributed by atoms with Crippen molar-refractivity contribution in [1.29, 1.82) is 0 Å². The highest BCUT2D eigenvalue weighted by atomic mass is 16.2. The van der Waals surface area contributed by atoms with Crippen LogP contribution in [0.5, 0.6) is 0 Å². The molecule has 0 aliphatic carbocycles. The van der Waals surface area contributed by atoms with E-state index in [0.29, 0.717) is 12.8 Å². The Labute approximate surface area is 71.7 Å². The van der Waals surface area contributed by atoms with E-state index in [0.717, 1.165) is 0 Å². The molecule has 0 radical (unpaired) electrons. The summed E-state index contributed by atoms with van der Waals surface area (Å²) in [5.74, 6) is -0.132. The molecule has 0 aromatic carbocycles. The molecule has 1 aliphatic rings. The molecule has 0 saturated carbocycles. The van der Waals surface area contributed by atoms with Gasteiger partial charge in [0.2, 0.25) is 11.8 Å². The van der Waals surface area contributed by atoms with Gasteiger partial charge in [-0.1, -0.05) is 13.8 Å². The summed E-state index contributed by atoms with van der Waals surface area (Å²) in [6.07, 6.45) is 1.29. The molecule has 0 bridgehead atoms. The van der Waals surface area contributed by atoms with Crippen molar-refractivity contribution in [3.63, 3.8) is 0 Å². The van der Waals surface area contributed by atoms with Crippen LogP contribution in [0.4, 0.5) is 0 Å². The monoisotopic (exact) mass is 170 g/mol. The molecule has 2 amide bonds. The van der Waals surface area contributed by atoms with Gasteiger partial charge in [0.25, 0.3) is 0 Å². The minimum atomic E-state index is -0.333. The van der Waals surface area contributed by atoms with Crippen molar-refractivity contribution in [3.8, 4) is 0 Å². The van der Waals surface area contributed by atoms with Crippen LogP contribution < -0.4 is 10.6 Å². The Kier molecular flexibility index (Phi) is 2.68. The quantitative estimate of drug-likeness (QED) is 0.602. The van der Waals surface area contributed by atoms with Gasteiger partial charge in [-0.05, 0) is 12.8 Å². The highest BCUT2D eigenvalue weighted by molar-refractivity contribution is 5.96. The second kappa shape index (κ2) is 3.56. The number of hydrogen-bond donors (Lipinski definition) is 2. The summed E-state index contributed by atoms with van der Waals surface area (Å²) in [6.45, 7) is 3.74. The lowest BCUT2D eigenvalue weighted by Crippen LogP contribution is -2.61. The minimum Gasteiger partial charge on any atom is -0.343 e. The summed E-state index contributed by atoms with van der Waals surface area (Å²) in [4.78, 5) is 22.4. The van der Waals surface area contributed by atoms with E-state index in [-0.39, 0.29) is 23.9 Å².